The summed E-state index contributed by atoms with van der Waals surface area (Å²) in [6, 6.07) is 17.4. The van der Waals surface area contributed by atoms with Crippen molar-refractivity contribution in [1.82, 2.24) is 0 Å². The fourth-order valence-corrected chi connectivity index (χ4v) is 5.25. The molecule has 1 N–H and O–H groups in total. The number of likely N-dealkylation sites (tertiary alicyclic amines) is 1. The molecule has 28 heavy (non-hydrogen) atoms. The van der Waals surface area contributed by atoms with E-state index in [4.69, 9.17) is 0 Å². The number of nitrogens with one attached hydrogen (secondary N) is 1. The molecule has 0 atom stereocenters. The molecular formula is C23H23ClN2S2. The molecule has 0 aliphatic carbocycles. The summed E-state index contributed by atoms with van der Waals surface area (Å²) in [5.74, 6) is 0. The number of nitriles is 1. The molecule has 1 saturated heterocycles. The van der Waals surface area contributed by atoms with Crippen LogP contribution in [0, 0.1) is 11.3 Å². The molecule has 0 radical (unpaired) electrons. The van der Waals surface area contributed by atoms with Crippen LogP contribution in [0.2, 0.25) is 0 Å². The Kier molecular flexibility index (Phi) is 7.09. The summed E-state index contributed by atoms with van der Waals surface area (Å²) in [5.41, 5.74) is 4.83. The normalized spacial score (nSPS) is 21.3. The molecule has 0 saturated carbocycles. The van der Waals surface area contributed by atoms with Gasteiger partial charge in [0.15, 0.2) is 0 Å². The van der Waals surface area contributed by atoms with Crippen molar-refractivity contribution >= 4 is 28.2 Å². The summed E-state index contributed by atoms with van der Waals surface area (Å²) in [6.07, 6.45) is 4.26. The molecule has 4 rings (SSSR count). The maximum atomic E-state index is 9.88. The third kappa shape index (κ3) is 4.39. The first-order chi connectivity index (χ1) is 13.3. The Balaban J connectivity index is 0.00000225. The highest BCUT2D eigenvalue weighted by Crippen LogP contribution is 2.31. The maximum Gasteiger partial charge on any atom is 0.0967 e. The number of rotatable bonds is 5. The van der Waals surface area contributed by atoms with Crippen LogP contribution in [0.4, 0.5) is 0 Å². The van der Waals surface area contributed by atoms with Gasteiger partial charge in [-0.1, -0.05) is 30.3 Å². The topological polar surface area (TPSA) is 28.2 Å². The molecule has 0 spiro atoms. The molecule has 1 aromatic carbocycles. The lowest BCUT2D eigenvalue weighted by Gasteiger charge is -2.35. The lowest BCUT2D eigenvalue weighted by Crippen LogP contribution is -3.13. The molecule has 3 heterocycles. The van der Waals surface area contributed by atoms with Crippen molar-refractivity contribution in [3.63, 3.8) is 0 Å². The fraction of sp³-hybridized carbons (Fsp3) is 0.261. The zero-order valence-electron chi connectivity index (χ0n) is 15.6. The van der Waals surface area contributed by atoms with Gasteiger partial charge < -0.3 is 17.3 Å². The van der Waals surface area contributed by atoms with E-state index in [1.54, 1.807) is 27.6 Å². The monoisotopic (exact) mass is 426 g/mol. The molecule has 1 fully saturated rings. The van der Waals surface area contributed by atoms with E-state index in [0.29, 0.717) is 0 Å². The number of piperidine rings is 1. The van der Waals surface area contributed by atoms with Crippen molar-refractivity contribution in [3.05, 3.63) is 86.8 Å². The van der Waals surface area contributed by atoms with Crippen LogP contribution in [-0.2, 0) is 5.41 Å². The highest BCUT2D eigenvalue weighted by atomic mass is 35.5. The van der Waals surface area contributed by atoms with E-state index in [1.165, 1.54) is 22.3 Å². The number of halogens is 1. The molecule has 0 bridgehead atoms. The van der Waals surface area contributed by atoms with Gasteiger partial charge in [0.2, 0.25) is 0 Å². The Morgan fingerprint density at radius 2 is 1.61 bits per heavy atom. The number of quaternary nitrogens is 1. The highest BCUT2D eigenvalue weighted by Gasteiger charge is 2.38. The molecular weight excluding hydrogens is 404 g/mol. The van der Waals surface area contributed by atoms with Crippen LogP contribution in [0.25, 0.3) is 5.57 Å². The van der Waals surface area contributed by atoms with Crippen LogP contribution >= 0.6 is 22.7 Å². The molecule has 0 amide bonds. The van der Waals surface area contributed by atoms with Crippen molar-refractivity contribution in [2.75, 3.05) is 19.6 Å². The van der Waals surface area contributed by atoms with E-state index in [-0.39, 0.29) is 17.8 Å². The average molecular weight is 427 g/mol. The van der Waals surface area contributed by atoms with Gasteiger partial charge in [-0.15, -0.1) is 0 Å². The van der Waals surface area contributed by atoms with E-state index in [0.717, 1.165) is 32.5 Å². The van der Waals surface area contributed by atoms with E-state index in [9.17, 15) is 5.26 Å². The smallest absolute Gasteiger partial charge is 0.0967 e. The minimum Gasteiger partial charge on any atom is -1.00 e. The van der Waals surface area contributed by atoms with Crippen LogP contribution in [0.1, 0.15) is 29.5 Å². The summed E-state index contributed by atoms with van der Waals surface area (Å²) in [4.78, 5) is 1.57. The molecule has 1 aliphatic rings. The zero-order chi connectivity index (χ0) is 18.5. The maximum absolute atomic E-state index is 9.88. The molecule has 1 aliphatic heterocycles. The Morgan fingerprint density at radius 3 is 2.11 bits per heavy atom. The second-order valence-corrected chi connectivity index (χ2v) is 8.72. The first-order valence-corrected chi connectivity index (χ1v) is 11.2. The summed E-state index contributed by atoms with van der Waals surface area (Å²) in [7, 11) is 0. The van der Waals surface area contributed by atoms with Gasteiger partial charge in [0.25, 0.3) is 0 Å². The lowest BCUT2D eigenvalue weighted by molar-refractivity contribution is -0.900. The molecule has 3 aromatic rings. The molecule has 5 heteroatoms. The van der Waals surface area contributed by atoms with Crippen LogP contribution in [0.5, 0.6) is 0 Å². The second kappa shape index (κ2) is 9.54. The van der Waals surface area contributed by atoms with Crippen LogP contribution in [0.3, 0.4) is 0 Å². The number of nitrogens with zero attached hydrogens (tertiary/aromatic N) is 1. The highest BCUT2D eigenvalue weighted by molar-refractivity contribution is 7.08. The Hall–Kier alpha value is -1.90. The van der Waals surface area contributed by atoms with Crippen LogP contribution in [-0.4, -0.2) is 19.6 Å². The second-order valence-electron chi connectivity index (χ2n) is 7.16. The number of benzene rings is 1. The molecule has 2 nitrogen and oxygen atoms in total. The summed E-state index contributed by atoms with van der Waals surface area (Å²) in [6.45, 7) is 3.09. The Bertz CT molecular complexity index is 881. The van der Waals surface area contributed by atoms with Crippen LogP contribution in [0.15, 0.2) is 70.1 Å². The van der Waals surface area contributed by atoms with Gasteiger partial charge in [-0.25, -0.2) is 0 Å². The Labute approximate surface area is 181 Å². The van der Waals surface area contributed by atoms with E-state index >= 15 is 0 Å². The molecule has 2 aromatic heterocycles. The predicted octanol–water partition coefficient (Wildman–Crippen LogP) is 1.39. The summed E-state index contributed by atoms with van der Waals surface area (Å²) in [5, 5.41) is 18.6. The molecule has 0 unspecified atom stereocenters. The average Bonchev–Trinajstić information content (AvgIpc) is 3.44. The van der Waals surface area contributed by atoms with Crippen molar-refractivity contribution in [2.24, 2.45) is 0 Å². The van der Waals surface area contributed by atoms with Crippen molar-refractivity contribution < 1.29 is 17.3 Å². The van der Waals surface area contributed by atoms with Gasteiger partial charge in [0.05, 0.1) is 31.1 Å². The lowest BCUT2D eigenvalue weighted by atomic mass is 9.74. The van der Waals surface area contributed by atoms with Gasteiger partial charge in [0.1, 0.15) is 0 Å². The quantitative estimate of drug-likeness (QED) is 0.656. The van der Waals surface area contributed by atoms with Gasteiger partial charge in [-0.2, -0.15) is 27.9 Å². The number of hydrogen-bond acceptors (Lipinski definition) is 3. The van der Waals surface area contributed by atoms with E-state index in [1.807, 2.05) is 18.2 Å². The third-order valence-corrected chi connectivity index (χ3v) is 6.98. The number of hydrogen-bond donors (Lipinski definition) is 1. The standard InChI is InChI=1S/C23H22N2S2.ClH/c24-18-23(21-4-2-1-3-5-21)9-12-25(13-10-23)11-6-22(19-7-14-26-16-19)20-8-15-27-17-20;/h1-8,14-17H,9-13H2;1H. The SMILES string of the molecule is N#CC1(c2ccccc2)CC[NH+](CC=C(c2ccsc2)c2ccsc2)CC1.[Cl-]. The predicted molar refractivity (Wildman–Crippen MR) is 114 cm³/mol. The van der Waals surface area contributed by atoms with Gasteiger partial charge in [-0.05, 0) is 62.0 Å². The minimum absolute atomic E-state index is 0. The molecule has 144 valence electrons. The minimum atomic E-state index is -0.308. The number of thiophene rings is 2. The zero-order valence-corrected chi connectivity index (χ0v) is 18.0. The van der Waals surface area contributed by atoms with Gasteiger partial charge >= 0.3 is 0 Å². The van der Waals surface area contributed by atoms with E-state index in [2.05, 4.69) is 57.9 Å². The van der Waals surface area contributed by atoms with Crippen molar-refractivity contribution in [1.29, 1.82) is 5.26 Å². The third-order valence-electron chi connectivity index (χ3n) is 5.61. The fourth-order valence-electron chi connectivity index (χ4n) is 3.94. The largest absolute Gasteiger partial charge is 1.00 e. The van der Waals surface area contributed by atoms with Gasteiger partial charge in [0, 0.05) is 12.8 Å². The Morgan fingerprint density at radius 1 is 1.00 bits per heavy atom. The van der Waals surface area contributed by atoms with Crippen molar-refractivity contribution in [3.8, 4) is 6.07 Å². The first-order valence-electron chi connectivity index (χ1n) is 9.36. The summed E-state index contributed by atoms with van der Waals surface area (Å²) >= 11 is 3.49. The first kappa shape index (κ1) is 20.8. The van der Waals surface area contributed by atoms with Crippen molar-refractivity contribution in [2.45, 2.75) is 18.3 Å². The van der Waals surface area contributed by atoms with Gasteiger partial charge in [-0.3, -0.25) is 0 Å². The summed E-state index contributed by atoms with van der Waals surface area (Å²) < 4.78 is 0. The van der Waals surface area contributed by atoms with E-state index < -0.39 is 0 Å². The van der Waals surface area contributed by atoms with Crippen LogP contribution < -0.4 is 17.3 Å².